The van der Waals surface area contributed by atoms with Crippen LogP contribution in [0.5, 0.6) is 5.75 Å². The summed E-state index contributed by atoms with van der Waals surface area (Å²) in [5.41, 5.74) is 0. The second-order valence-corrected chi connectivity index (χ2v) is 6.36. The third kappa shape index (κ3) is 4.84. The summed E-state index contributed by atoms with van der Waals surface area (Å²) in [6.07, 6.45) is 2.18. The van der Waals surface area contributed by atoms with Gasteiger partial charge in [-0.25, -0.2) is 4.57 Å². The van der Waals surface area contributed by atoms with Gasteiger partial charge < -0.3 is 9.26 Å². The molecule has 1 aromatic rings. The first-order chi connectivity index (χ1) is 10.1. The fourth-order valence-electron chi connectivity index (χ4n) is 2.03. The highest BCUT2D eigenvalue weighted by molar-refractivity contribution is 7.52. The van der Waals surface area contributed by atoms with Gasteiger partial charge in [0.2, 0.25) is 0 Å². The summed E-state index contributed by atoms with van der Waals surface area (Å²) in [5, 5.41) is 2.71. The number of nitrogens with one attached hydrogen (secondary N) is 1. The van der Waals surface area contributed by atoms with Crippen LogP contribution in [0.2, 0.25) is 0 Å². The molecule has 1 aliphatic heterocycles. The minimum Gasteiger partial charge on any atom is -0.465 e. The number of hydrogen-bond acceptors (Lipinski definition) is 5. The molecule has 1 fully saturated rings. The number of para-hydroxylation sites is 1. The standard InChI is InChI=1S/C14H20NO5P/c1-2-19-21(17,20-12-8-4-3-5-9-12)15-13-10-6-7-11-18-14(13)16/h3-5,8-9,13H,2,6-7,10-11H2,1H3,(H,15,17). The molecule has 7 heteroatoms. The number of hydrogen-bond donors (Lipinski definition) is 1. The van der Waals surface area contributed by atoms with E-state index in [1.54, 1.807) is 31.2 Å². The van der Waals surface area contributed by atoms with E-state index >= 15 is 0 Å². The number of carbonyl (C=O) groups excluding carboxylic acids is 1. The van der Waals surface area contributed by atoms with Crippen LogP contribution in [0.3, 0.4) is 0 Å². The van der Waals surface area contributed by atoms with Gasteiger partial charge in [0.1, 0.15) is 11.8 Å². The monoisotopic (exact) mass is 313 g/mol. The molecule has 116 valence electrons. The Morgan fingerprint density at radius 2 is 2.10 bits per heavy atom. The number of esters is 1. The van der Waals surface area contributed by atoms with Gasteiger partial charge in [0.15, 0.2) is 0 Å². The quantitative estimate of drug-likeness (QED) is 0.643. The van der Waals surface area contributed by atoms with Crippen molar-refractivity contribution in [1.29, 1.82) is 0 Å². The third-order valence-corrected chi connectivity index (χ3v) is 4.67. The van der Waals surface area contributed by atoms with Crippen molar-refractivity contribution < 1.29 is 23.1 Å². The molecule has 2 unspecified atom stereocenters. The van der Waals surface area contributed by atoms with Crippen molar-refractivity contribution in [3.8, 4) is 5.75 Å². The maximum atomic E-state index is 12.7. The largest absolute Gasteiger partial charge is 0.465 e. The van der Waals surface area contributed by atoms with Crippen LogP contribution in [0.1, 0.15) is 26.2 Å². The molecule has 0 amide bonds. The highest BCUT2D eigenvalue weighted by Gasteiger charge is 2.34. The second kappa shape index (κ2) is 7.59. The summed E-state index contributed by atoms with van der Waals surface area (Å²) < 4.78 is 28.5. The predicted molar refractivity (Wildman–Crippen MR) is 78.0 cm³/mol. The van der Waals surface area contributed by atoms with Crippen molar-refractivity contribution in [1.82, 2.24) is 5.09 Å². The zero-order valence-corrected chi connectivity index (χ0v) is 12.9. The molecular formula is C14H20NO5P. The van der Waals surface area contributed by atoms with Crippen LogP contribution < -0.4 is 9.61 Å². The van der Waals surface area contributed by atoms with E-state index in [2.05, 4.69) is 5.09 Å². The van der Waals surface area contributed by atoms with E-state index in [0.29, 0.717) is 18.8 Å². The molecular weight excluding hydrogens is 293 g/mol. The molecule has 0 aliphatic carbocycles. The van der Waals surface area contributed by atoms with E-state index in [9.17, 15) is 9.36 Å². The maximum Gasteiger partial charge on any atom is 0.459 e. The van der Waals surface area contributed by atoms with Crippen LogP contribution in [-0.2, 0) is 18.6 Å². The summed E-state index contributed by atoms with van der Waals surface area (Å²) >= 11 is 0. The molecule has 0 aromatic heterocycles. The lowest BCUT2D eigenvalue weighted by Gasteiger charge is -2.23. The van der Waals surface area contributed by atoms with Gasteiger partial charge >= 0.3 is 13.7 Å². The van der Waals surface area contributed by atoms with E-state index in [4.69, 9.17) is 13.8 Å². The average Bonchev–Trinajstić information content (AvgIpc) is 2.65. The molecule has 1 N–H and O–H groups in total. The van der Waals surface area contributed by atoms with Crippen LogP contribution in [0, 0.1) is 0 Å². The molecule has 0 bridgehead atoms. The van der Waals surface area contributed by atoms with Crippen molar-refractivity contribution in [2.24, 2.45) is 0 Å². The Balaban J connectivity index is 2.09. The number of rotatable bonds is 6. The molecule has 6 nitrogen and oxygen atoms in total. The van der Waals surface area contributed by atoms with Gasteiger partial charge in [-0.15, -0.1) is 0 Å². The topological polar surface area (TPSA) is 73.9 Å². The minimum absolute atomic E-state index is 0.207. The Labute approximate surface area is 124 Å². The first-order valence-electron chi connectivity index (χ1n) is 7.06. The van der Waals surface area contributed by atoms with E-state index in [1.807, 2.05) is 6.07 Å². The number of carbonyl (C=O) groups is 1. The highest BCUT2D eigenvalue weighted by atomic mass is 31.2. The molecule has 1 saturated heterocycles. The summed E-state index contributed by atoms with van der Waals surface area (Å²) in [6.45, 7) is 2.32. The van der Waals surface area contributed by atoms with Gasteiger partial charge in [-0.3, -0.25) is 9.32 Å². The Morgan fingerprint density at radius 1 is 1.33 bits per heavy atom. The zero-order chi connectivity index (χ0) is 15.1. The number of ether oxygens (including phenoxy) is 1. The molecule has 0 saturated carbocycles. The van der Waals surface area contributed by atoms with Crippen LogP contribution in [0.25, 0.3) is 0 Å². The first kappa shape index (κ1) is 16.0. The van der Waals surface area contributed by atoms with Crippen LogP contribution in [0.15, 0.2) is 30.3 Å². The molecule has 1 aromatic carbocycles. The fourth-order valence-corrected chi connectivity index (χ4v) is 3.57. The van der Waals surface area contributed by atoms with Gasteiger partial charge in [0.05, 0.1) is 13.2 Å². The SMILES string of the molecule is CCOP(=O)(NC1CCCCOC1=O)Oc1ccccc1. The number of cyclic esters (lactones) is 1. The van der Waals surface area contributed by atoms with E-state index in [-0.39, 0.29) is 6.61 Å². The van der Waals surface area contributed by atoms with Crippen LogP contribution in [-0.4, -0.2) is 25.2 Å². The van der Waals surface area contributed by atoms with Crippen molar-refractivity contribution >= 4 is 13.7 Å². The fraction of sp³-hybridized carbons (Fsp3) is 0.500. The van der Waals surface area contributed by atoms with Crippen molar-refractivity contribution in [2.45, 2.75) is 32.2 Å². The normalized spacial score (nSPS) is 22.0. The van der Waals surface area contributed by atoms with Crippen molar-refractivity contribution in [2.75, 3.05) is 13.2 Å². The Kier molecular flexibility index (Phi) is 5.79. The minimum atomic E-state index is -3.62. The lowest BCUT2D eigenvalue weighted by atomic mass is 10.1. The third-order valence-electron chi connectivity index (χ3n) is 3.00. The Bertz CT molecular complexity index is 507. The molecule has 21 heavy (non-hydrogen) atoms. The summed E-state index contributed by atoms with van der Waals surface area (Å²) in [7, 11) is -3.62. The van der Waals surface area contributed by atoms with Crippen LogP contribution in [0.4, 0.5) is 0 Å². The smallest absolute Gasteiger partial charge is 0.459 e. The summed E-state index contributed by atoms with van der Waals surface area (Å²) in [6, 6.07) is 8.05. The Morgan fingerprint density at radius 3 is 2.81 bits per heavy atom. The van der Waals surface area contributed by atoms with Crippen molar-refractivity contribution in [3.05, 3.63) is 30.3 Å². The average molecular weight is 313 g/mol. The van der Waals surface area contributed by atoms with Gasteiger partial charge in [-0.1, -0.05) is 18.2 Å². The zero-order valence-electron chi connectivity index (χ0n) is 12.0. The molecule has 1 heterocycles. The predicted octanol–water partition coefficient (Wildman–Crippen LogP) is 2.90. The highest BCUT2D eigenvalue weighted by Crippen LogP contribution is 2.45. The van der Waals surface area contributed by atoms with Crippen LogP contribution >= 0.6 is 7.75 Å². The van der Waals surface area contributed by atoms with Gasteiger partial charge in [0, 0.05) is 0 Å². The molecule has 0 radical (unpaired) electrons. The van der Waals surface area contributed by atoms with Gasteiger partial charge in [-0.05, 0) is 38.3 Å². The molecule has 1 aliphatic rings. The molecule has 2 rings (SSSR count). The van der Waals surface area contributed by atoms with E-state index in [1.165, 1.54) is 0 Å². The second-order valence-electron chi connectivity index (χ2n) is 4.66. The maximum absolute atomic E-state index is 12.7. The summed E-state index contributed by atoms with van der Waals surface area (Å²) in [4.78, 5) is 11.8. The summed E-state index contributed by atoms with van der Waals surface area (Å²) in [5.74, 6) is 0.00728. The number of benzene rings is 1. The van der Waals surface area contributed by atoms with E-state index < -0.39 is 19.8 Å². The lowest BCUT2D eigenvalue weighted by molar-refractivity contribution is -0.144. The molecule has 0 spiro atoms. The van der Waals surface area contributed by atoms with Gasteiger partial charge in [-0.2, -0.15) is 5.09 Å². The molecule has 2 atom stereocenters. The lowest BCUT2D eigenvalue weighted by Crippen LogP contribution is -2.36. The van der Waals surface area contributed by atoms with E-state index in [0.717, 1.165) is 12.8 Å². The Hall–Kier alpha value is -1.36. The van der Waals surface area contributed by atoms with Gasteiger partial charge in [0.25, 0.3) is 0 Å². The van der Waals surface area contributed by atoms with Crippen molar-refractivity contribution in [3.63, 3.8) is 0 Å². The first-order valence-corrected chi connectivity index (χ1v) is 8.61.